The van der Waals surface area contributed by atoms with Crippen molar-refractivity contribution in [2.24, 2.45) is 5.92 Å². The fraction of sp³-hybridized carbons (Fsp3) is 0.600. The van der Waals surface area contributed by atoms with Crippen LogP contribution in [0.2, 0.25) is 0 Å². The number of nitrogens with one attached hydrogen (secondary N) is 1. The SMILES string of the molecule is CC(C)C(=O)NCCc1nnc2n1CCN(C(=O)CCCc1cccs1)CC2. The summed E-state index contributed by atoms with van der Waals surface area (Å²) in [7, 11) is 0. The van der Waals surface area contributed by atoms with Crippen molar-refractivity contribution in [2.75, 3.05) is 19.6 Å². The molecule has 3 rings (SSSR count). The predicted octanol–water partition coefficient (Wildman–Crippen LogP) is 2.06. The average molecular weight is 404 g/mol. The zero-order valence-corrected chi connectivity index (χ0v) is 17.5. The minimum Gasteiger partial charge on any atom is -0.355 e. The number of amides is 2. The summed E-state index contributed by atoms with van der Waals surface area (Å²) in [5, 5.41) is 13.6. The maximum Gasteiger partial charge on any atom is 0.222 e. The highest BCUT2D eigenvalue weighted by Crippen LogP contribution is 2.14. The lowest BCUT2D eigenvalue weighted by molar-refractivity contribution is -0.131. The Kier molecular flexibility index (Phi) is 7.19. The van der Waals surface area contributed by atoms with Gasteiger partial charge < -0.3 is 14.8 Å². The first kappa shape index (κ1) is 20.5. The van der Waals surface area contributed by atoms with E-state index in [4.69, 9.17) is 0 Å². The highest BCUT2D eigenvalue weighted by Gasteiger charge is 2.21. The first-order valence-electron chi connectivity index (χ1n) is 10.0. The van der Waals surface area contributed by atoms with Gasteiger partial charge in [0.25, 0.3) is 0 Å². The molecule has 0 radical (unpaired) electrons. The van der Waals surface area contributed by atoms with E-state index < -0.39 is 0 Å². The molecule has 0 aliphatic carbocycles. The van der Waals surface area contributed by atoms with Crippen molar-refractivity contribution in [3.63, 3.8) is 0 Å². The van der Waals surface area contributed by atoms with Crippen molar-refractivity contribution in [3.05, 3.63) is 34.0 Å². The molecular formula is C20H29N5O2S. The summed E-state index contributed by atoms with van der Waals surface area (Å²) in [6.07, 6.45) is 3.83. The molecule has 0 saturated carbocycles. The van der Waals surface area contributed by atoms with Crippen LogP contribution >= 0.6 is 11.3 Å². The van der Waals surface area contributed by atoms with E-state index in [0.717, 1.165) is 30.9 Å². The van der Waals surface area contributed by atoms with Crippen molar-refractivity contribution in [1.29, 1.82) is 0 Å². The molecule has 8 heteroatoms. The number of carbonyl (C=O) groups is 2. The van der Waals surface area contributed by atoms with Crippen LogP contribution in [0.15, 0.2) is 17.5 Å². The molecule has 3 heterocycles. The molecule has 0 unspecified atom stereocenters. The fourth-order valence-electron chi connectivity index (χ4n) is 3.35. The molecular weight excluding hydrogens is 374 g/mol. The second-order valence-corrected chi connectivity index (χ2v) is 8.48. The maximum absolute atomic E-state index is 12.6. The Morgan fingerprint density at radius 3 is 2.82 bits per heavy atom. The highest BCUT2D eigenvalue weighted by atomic mass is 32.1. The number of carbonyl (C=O) groups excluding carboxylic acids is 2. The van der Waals surface area contributed by atoms with Crippen molar-refractivity contribution in [2.45, 2.75) is 52.5 Å². The number of hydrogen-bond donors (Lipinski definition) is 1. The third kappa shape index (κ3) is 5.41. The summed E-state index contributed by atoms with van der Waals surface area (Å²) in [5.74, 6) is 2.07. The van der Waals surface area contributed by atoms with Crippen molar-refractivity contribution in [1.82, 2.24) is 25.0 Å². The Hall–Kier alpha value is -2.22. The van der Waals surface area contributed by atoms with Crippen molar-refractivity contribution < 1.29 is 9.59 Å². The molecule has 2 amide bonds. The largest absolute Gasteiger partial charge is 0.355 e. The summed E-state index contributed by atoms with van der Waals surface area (Å²) in [5.41, 5.74) is 0. The molecule has 0 atom stereocenters. The smallest absolute Gasteiger partial charge is 0.222 e. The predicted molar refractivity (Wildman–Crippen MR) is 109 cm³/mol. The number of nitrogens with zero attached hydrogens (tertiary/aromatic N) is 4. The van der Waals surface area contributed by atoms with Gasteiger partial charge >= 0.3 is 0 Å². The number of aryl methyl sites for hydroxylation is 1. The number of aromatic nitrogens is 3. The molecule has 1 aliphatic heterocycles. The number of rotatable bonds is 8. The van der Waals surface area contributed by atoms with Gasteiger partial charge in [0.2, 0.25) is 11.8 Å². The summed E-state index contributed by atoms with van der Waals surface area (Å²) in [6, 6.07) is 4.18. The van der Waals surface area contributed by atoms with Gasteiger partial charge in [-0.25, -0.2) is 0 Å². The molecule has 2 aromatic rings. The van der Waals surface area contributed by atoms with Gasteiger partial charge in [-0.1, -0.05) is 19.9 Å². The first-order chi connectivity index (χ1) is 13.5. The van der Waals surface area contributed by atoms with Crippen molar-refractivity contribution >= 4 is 23.2 Å². The topological polar surface area (TPSA) is 80.1 Å². The van der Waals surface area contributed by atoms with Gasteiger partial charge in [0, 0.05) is 56.2 Å². The van der Waals surface area contributed by atoms with E-state index in [-0.39, 0.29) is 17.7 Å². The lowest BCUT2D eigenvalue weighted by Gasteiger charge is -2.20. The lowest BCUT2D eigenvalue weighted by atomic mass is 10.2. The van der Waals surface area contributed by atoms with Crippen LogP contribution < -0.4 is 5.32 Å². The van der Waals surface area contributed by atoms with Gasteiger partial charge in [0.05, 0.1) is 0 Å². The van der Waals surface area contributed by atoms with Crippen LogP contribution in [0.4, 0.5) is 0 Å². The van der Waals surface area contributed by atoms with Gasteiger partial charge in [0.15, 0.2) is 0 Å². The van der Waals surface area contributed by atoms with E-state index in [0.29, 0.717) is 39.0 Å². The van der Waals surface area contributed by atoms with Gasteiger partial charge in [-0.3, -0.25) is 9.59 Å². The standard InChI is InChI=1S/C20H29N5O2S/c1-15(2)20(27)21-10-8-17-22-23-18-9-11-24(12-13-25(17)18)19(26)7-3-5-16-6-4-14-28-16/h4,6,14-15H,3,5,7-13H2,1-2H3,(H,21,27). The second-order valence-electron chi connectivity index (χ2n) is 7.44. The van der Waals surface area contributed by atoms with Crippen LogP contribution in [0.5, 0.6) is 0 Å². The summed E-state index contributed by atoms with van der Waals surface area (Å²) in [6.45, 7) is 6.41. The summed E-state index contributed by atoms with van der Waals surface area (Å²) >= 11 is 1.75. The van der Waals surface area contributed by atoms with Gasteiger partial charge in [-0.15, -0.1) is 21.5 Å². The van der Waals surface area contributed by atoms with Crippen molar-refractivity contribution in [3.8, 4) is 0 Å². The Morgan fingerprint density at radius 1 is 1.21 bits per heavy atom. The lowest BCUT2D eigenvalue weighted by Crippen LogP contribution is -2.33. The maximum atomic E-state index is 12.6. The van der Waals surface area contributed by atoms with Gasteiger partial charge in [-0.05, 0) is 24.3 Å². The van der Waals surface area contributed by atoms with E-state index in [9.17, 15) is 9.59 Å². The number of fused-ring (bicyclic) bond motifs is 1. The van der Waals surface area contributed by atoms with E-state index in [1.165, 1.54) is 4.88 Å². The molecule has 7 nitrogen and oxygen atoms in total. The molecule has 2 aromatic heterocycles. The molecule has 152 valence electrons. The van der Waals surface area contributed by atoms with E-state index in [1.54, 1.807) is 11.3 Å². The molecule has 1 N–H and O–H groups in total. The Labute approximate surface area is 170 Å². The second kappa shape index (κ2) is 9.82. The van der Waals surface area contributed by atoms with Crippen LogP contribution in [-0.2, 0) is 35.4 Å². The fourth-order valence-corrected chi connectivity index (χ4v) is 4.10. The van der Waals surface area contributed by atoms with Crippen LogP contribution in [0.3, 0.4) is 0 Å². The number of thiophene rings is 1. The van der Waals surface area contributed by atoms with Crippen LogP contribution in [0.1, 0.15) is 43.2 Å². The summed E-state index contributed by atoms with van der Waals surface area (Å²) < 4.78 is 2.11. The highest BCUT2D eigenvalue weighted by molar-refractivity contribution is 7.09. The first-order valence-corrected chi connectivity index (χ1v) is 10.9. The Bertz CT molecular complexity index is 785. The zero-order chi connectivity index (χ0) is 19.9. The zero-order valence-electron chi connectivity index (χ0n) is 16.7. The van der Waals surface area contributed by atoms with E-state index in [2.05, 4.69) is 37.6 Å². The minimum atomic E-state index is -0.0186. The van der Waals surface area contributed by atoms with E-state index in [1.807, 2.05) is 18.7 Å². The third-order valence-electron chi connectivity index (χ3n) is 5.02. The van der Waals surface area contributed by atoms with Gasteiger partial charge in [0.1, 0.15) is 11.6 Å². The molecule has 0 aromatic carbocycles. The Morgan fingerprint density at radius 2 is 2.07 bits per heavy atom. The van der Waals surface area contributed by atoms with Crippen LogP contribution in [-0.4, -0.2) is 51.1 Å². The van der Waals surface area contributed by atoms with Crippen LogP contribution in [0, 0.1) is 5.92 Å². The number of hydrogen-bond acceptors (Lipinski definition) is 5. The normalized spacial score (nSPS) is 14.0. The molecule has 0 bridgehead atoms. The van der Waals surface area contributed by atoms with Gasteiger partial charge in [-0.2, -0.15) is 0 Å². The molecule has 28 heavy (non-hydrogen) atoms. The van der Waals surface area contributed by atoms with E-state index >= 15 is 0 Å². The molecule has 0 spiro atoms. The molecule has 0 saturated heterocycles. The minimum absolute atomic E-state index is 0.0186. The third-order valence-corrected chi connectivity index (χ3v) is 5.96. The van der Waals surface area contributed by atoms with Crippen LogP contribution in [0.25, 0.3) is 0 Å². The Balaban J connectivity index is 1.47. The quantitative estimate of drug-likeness (QED) is 0.732. The molecule has 0 fully saturated rings. The molecule has 1 aliphatic rings. The summed E-state index contributed by atoms with van der Waals surface area (Å²) in [4.78, 5) is 27.6. The average Bonchev–Trinajstić information content (AvgIpc) is 3.27. The monoisotopic (exact) mass is 403 g/mol.